The average molecular weight is 197 g/mol. The van der Waals surface area contributed by atoms with E-state index in [-0.39, 0.29) is 0 Å². The molecule has 0 aromatic rings. The molecule has 0 aromatic carbocycles. The molecule has 14 heavy (non-hydrogen) atoms. The van der Waals surface area contributed by atoms with E-state index in [0.29, 0.717) is 18.2 Å². The first-order valence-corrected chi connectivity index (χ1v) is 6.16. The molecule has 0 aliphatic heterocycles. The number of nitrogens with two attached hydrogens (primary N) is 1. The van der Waals surface area contributed by atoms with E-state index in [4.69, 9.17) is 10.5 Å². The molecule has 2 saturated carbocycles. The fourth-order valence-electron chi connectivity index (χ4n) is 2.74. The number of hydrogen-bond donors (Lipinski definition) is 1. The second-order valence-electron chi connectivity index (χ2n) is 5.15. The van der Waals surface area contributed by atoms with Gasteiger partial charge < -0.3 is 10.5 Å². The second-order valence-corrected chi connectivity index (χ2v) is 5.15. The zero-order valence-corrected chi connectivity index (χ0v) is 9.24. The lowest BCUT2D eigenvalue weighted by Crippen LogP contribution is -2.35. The van der Waals surface area contributed by atoms with Gasteiger partial charge in [0.25, 0.3) is 0 Å². The smallest absolute Gasteiger partial charge is 0.0729 e. The maximum absolute atomic E-state index is 6.09. The van der Waals surface area contributed by atoms with E-state index in [1.165, 1.54) is 38.5 Å². The van der Waals surface area contributed by atoms with E-state index in [1.54, 1.807) is 0 Å². The Morgan fingerprint density at radius 2 is 1.71 bits per heavy atom. The molecule has 2 aliphatic rings. The quantitative estimate of drug-likeness (QED) is 0.738. The van der Waals surface area contributed by atoms with Gasteiger partial charge in [0.15, 0.2) is 0 Å². The molecular formula is C12H23NO. The van der Waals surface area contributed by atoms with E-state index >= 15 is 0 Å². The van der Waals surface area contributed by atoms with Crippen molar-refractivity contribution in [2.45, 2.75) is 70.1 Å². The lowest BCUT2D eigenvalue weighted by molar-refractivity contribution is -0.0380. The Morgan fingerprint density at radius 3 is 2.29 bits per heavy atom. The highest BCUT2D eigenvalue weighted by molar-refractivity contribution is 4.83. The minimum Gasteiger partial charge on any atom is -0.373 e. The van der Waals surface area contributed by atoms with Crippen molar-refractivity contribution >= 4 is 0 Å². The Balaban J connectivity index is 1.74. The normalized spacial score (nSPS) is 44.1. The van der Waals surface area contributed by atoms with Gasteiger partial charge in [-0.2, -0.15) is 0 Å². The molecule has 0 heterocycles. The van der Waals surface area contributed by atoms with Crippen molar-refractivity contribution in [1.82, 2.24) is 0 Å². The van der Waals surface area contributed by atoms with Crippen LogP contribution in [0.4, 0.5) is 0 Å². The first-order chi connectivity index (χ1) is 6.75. The Kier molecular flexibility index (Phi) is 3.45. The van der Waals surface area contributed by atoms with Gasteiger partial charge in [0.2, 0.25) is 0 Å². The molecule has 82 valence electrons. The molecule has 0 bridgehead atoms. The maximum atomic E-state index is 6.09. The highest BCUT2D eigenvalue weighted by Crippen LogP contribution is 2.29. The summed E-state index contributed by atoms with van der Waals surface area (Å²) in [6.07, 6.45) is 9.68. The molecule has 0 radical (unpaired) electrons. The van der Waals surface area contributed by atoms with E-state index in [2.05, 4.69) is 6.92 Å². The van der Waals surface area contributed by atoms with E-state index < -0.39 is 0 Å². The molecule has 0 aromatic heterocycles. The summed E-state index contributed by atoms with van der Waals surface area (Å²) in [7, 11) is 0. The standard InChI is InChI=1S/C12H23NO/c1-9-5-7-10(8-6-9)14-12-4-2-3-11(12)13/h9-12H,2-8,13H2,1H3. The van der Waals surface area contributed by atoms with Crippen molar-refractivity contribution in [2.75, 3.05) is 0 Å². The summed E-state index contributed by atoms with van der Waals surface area (Å²) in [5.74, 6) is 0.909. The molecule has 2 atom stereocenters. The van der Waals surface area contributed by atoms with Gasteiger partial charge in [-0.25, -0.2) is 0 Å². The van der Waals surface area contributed by atoms with E-state index in [0.717, 1.165) is 12.3 Å². The first-order valence-electron chi connectivity index (χ1n) is 6.16. The SMILES string of the molecule is CC1CCC(OC2CCCC2N)CC1. The first kappa shape index (κ1) is 10.4. The highest BCUT2D eigenvalue weighted by atomic mass is 16.5. The van der Waals surface area contributed by atoms with Crippen LogP contribution in [0.15, 0.2) is 0 Å². The molecule has 2 rings (SSSR count). The highest BCUT2D eigenvalue weighted by Gasteiger charge is 2.28. The third-order valence-corrected chi connectivity index (χ3v) is 3.83. The van der Waals surface area contributed by atoms with Crippen LogP contribution in [0.25, 0.3) is 0 Å². The van der Waals surface area contributed by atoms with Crippen molar-refractivity contribution in [3.05, 3.63) is 0 Å². The average Bonchev–Trinajstić information content (AvgIpc) is 2.56. The number of hydrogen-bond acceptors (Lipinski definition) is 2. The third-order valence-electron chi connectivity index (χ3n) is 3.83. The molecule has 2 heteroatoms. The maximum Gasteiger partial charge on any atom is 0.0729 e. The lowest BCUT2D eigenvalue weighted by atomic mass is 9.89. The predicted molar refractivity (Wildman–Crippen MR) is 58.1 cm³/mol. The summed E-state index contributed by atoms with van der Waals surface area (Å²) in [6, 6.07) is 0.314. The van der Waals surface area contributed by atoms with Crippen LogP contribution in [0, 0.1) is 5.92 Å². The molecule has 2 N–H and O–H groups in total. The zero-order valence-electron chi connectivity index (χ0n) is 9.24. The Labute approximate surface area is 87.2 Å². The Morgan fingerprint density at radius 1 is 1.00 bits per heavy atom. The van der Waals surface area contributed by atoms with Crippen molar-refractivity contribution < 1.29 is 4.74 Å². The Hall–Kier alpha value is -0.0800. The van der Waals surface area contributed by atoms with Crippen molar-refractivity contribution in [3.63, 3.8) is 0 Å². The summed E-state index contributed by atoms with van der Waals surface area (Å²) in [5, 5.41) is 0. The molecule has 2 unspecified atom stereocenters. The molecule has 0 amide bonds. The van der Waals surface area contributed by atoms with Gasteiger partial charge in [0, 0.05) is 6.04 Å². The monoisotopic (exact) mass is 197 g/mol. The van der Waals surface area contributed by atoms with Gasteiger partial charge >= 0.3 is 0 Å². The summed E-state index contributed by atoms with van der Waals surface area (Å²) >= 11 is 0. The predicted octanol–water partition coefficient (Wildman–Crippen LogP) is 2.46. The summed E-state index contributed by atoms with van der Waals surface area (Å²) in [6.45, 7) is 2.34. The van der Waals surface area contributed by atoms with Gasteiger partial charge in [0.1, 0.15) is 0 Å². The number of rotatable bonds is 2. The van der Waals surface area contributed by atoms with Crippen LogP contribution in [0.2, 0.25) is 0 Å². The minimum atomic E-state index is 0.314. The van der Waals surface area contributed by atoms with Crippen LogP contribution in [0.5, 0.6) is 0 Å². The topological polar surface area (TPSA) is 35.2 Å². The van der Waals surface area contributed by atoms with E-state index in [9.17, 15) is 0 Å². The van der Waals surface area contributed by atoms with Gasteiger partial charge in [-0.1, -0.05) is 6.92 Å². The third kappa shape index (κ3) is 2.48. The molecule has 0 spiro atoms. The largest absolute Gasteiger partial charge is 0.373 e. The van der Waals surface area contributed by atoms with Crippen LogP contribution in [-0.2, 0) is 4.74 Å². The second kappa shape index (κ2) is 4.63. The van der Waals surface area contributed by atoms with Gasteiger partial charge in [0.05, 0.1) is 12.2 Å². The fraction of sp³-hybridized carbons (Fsp3) is 1.00. The van der Waals surface area contributed by atoms with Crippen LogP contribution in [-0.4, -0.2) is 18.2 Å². The van der Waals surface area contributed by atoms with Crippen LogP contribution in [0.3, 0.4) is 0 Å². The molecule has 2 nitrogen and oxygen atoms in total. The minimum absolute atomic E-state index is 0.314. The van der Waals surface area contributed by atoms with E-state index in [1.807, 2.05) is 0 Å². The van der Waals surface area contributed by atoms with Crippen LogP contribution < -0.4 is 5.73 Å². The fourth-order valence-corrected chi connectivity index (χ4v) is 2.74. The summed E-state index contributed by atoms with van der Waals surface area (Å²) in [4.78, 5) is 0. The zero-order chi connectivity index (χ0) is 9.97. The van der Waals surface area contributed by atoms with Crippen molar-refractivity contribution in [3.8, 4) is 0 Å². The Bertz CT molecular complexity index is 175. The van der Waals surface area contributed by atoms with Crippen LogP contribution in [0.1, 0.15) is 51.9 Å². The van der Waals surface area contributed by atoms with Crippen LogP contribution >= 0.6 is 0 Å². The molecule has 2 fully saturated rings. The number of ether oxygens (including phenoxy) is 1. The van der Waals surface area contributed by atoms with Gasteiger partial charge in [-0.15, -0.1) is 0 Å². The molecule has 2 aliphatic carbocycles. The van der Waals surface area contributed by atoms with Crippen molar-refractivity contribution in [2.24, 2.45) is 11.7 Å². The molecular weight excluding hydrogens is 174 g/mol. The lowest BCUT2D eigenvalue weighted by Gasteiger charge is -2.30. The van der Waals surface area contributed by atoms with Gasteiger partial charge in [-0.05, 0) is 50.9 Å². The summed E-state index contributed by atoms with van der Waals surface area (Å²) < 4.78 is 6.09. The van der Waals surface area contributed by atoms with Crippen molar-refractivity contribution in [1.29, 1.82) is 0 Å². The van der Waals surface area contributed by atoms with Gasteiger partial charge in [-0.3, -0.25) is 0 Å². The molecule has 0 saturated heterocycles. The summed E-state index contributed by atoms with van der Waals surface area (Å²) in [5.41, 5.74) is 6.00.